The van der Waals surface area contributed by atoms with Gasteiger partial charge < -0.3 is 19.1 Å². The largest absolute Gasteiger partial charge is 0.478 e. The number of aromatic carboxylic acids is 1. The first kappa shape index (κ1) is 20.4. The molecule has 1 aliphatic rings. The van der Waals surface area contributed by atoms with E-state index in [9.17, 15) is 19.5 Å². The van der Waals surface area contributed by atoms with E-state index in [1.54, 1.807) is 44.2 Å². The Balaban J connectivity index is 1.73. The summed E-state index contributed by atoms with van der Waals surface area (Å²) in [4.78, 5) is 37.7. The molecule has 10 heteroatoms. The number of H-pyrrole nitrogens is 2. The molecule has 33 heavy (non-hydrogen) atoms. The molecule has 3 N–H and O–H groups in total. The average molecular weight is 449 g/mol. The number of benzene rings is 2. The maximum Gasteiger partial charge on any atom is 0.361 e. The van der Waals surface area contributed by atoms with Gasteiger partial charge in [-0.15, -0.1) is 0 Å². The van der Waals surface area contributed by atoms with Crippen molar-refractivity contribution in [3.05, 3.63) is 96.9 Å². The highest BCUT2D eigenvalue weighted by molar-refractivity contribution is 5.88. The first-order valence-corrected chi connectivity index (χ1v) is 10.1. The molecule has 4 aromatic rings. The van der Waals surface area contributed by atoms with Crippen molar-refractivity contribution in [2.75, 3.05) is 6.79 Å². The van der Waals surface area contributed by atoms with Crippen LogP contribution in [0.4, 0.5) is 0 Å². The van der Waals surface area contributed by atoms with Crippen molar-refractivity contribution in [1.82, 2.24) is 14.9 Å². The van der Waals surface area contributed by atoms with E-state index >= 15 is 0 Å². The number of nitrogens with one attached hydrogen (secondary N) is 2. The third kappa shape index (κ3) is 3.32. The van der Waals surface area contributed by atoms with E-state index in [0.717, 1.165) is 0 Å². The van der Waals surface area contributed by atoms with Crippen molar-refractivity contribution in [1.29, 1.82) is 0 Å². The molecule has 2 aromatic carbocycles. The molecular formula is C23H19N3O7. The van der Waals surface area contributed by atoms with Crippen LogP contribution in [0.5, 0.6) is 11.5 Å². The van der Waals surface area contributed by atoms with Crippen LogP contribution < -0.4 is 20.7 Å². The van der Waals surface area contributed by atoms with Gasteiger partial charge in [0.1, 0.15) is 0 Å². The van der Waals surface area contributed by atoms with E-state index < -0.39 is 23.1 Å². The molecular weight excluding hydrogens is 430 g/mol. The molecule has 5 rings (SSSR count). The highest BCUT2D eigenvalue weighted by Crippen LogP contribution is 2.39. The molecule has 0 saturated heterocycles. The number of carboxylic acid groups (broad SMARTS) is 1. The SMILES string of the molecule is Cc1[nH]oc(=O)c1C(c1ccc2c(c1)OCO2)c1c(C)[nH]n(-c2cccc(C(=O)O)c2)c1=O. The molecule has 10 nitrogen and oxygen atoms in total. The zero-order chi connectivity index (χ0) is 23.3. The smallest absolute Gasteiger partial charge is 0.361 e. The van der Waals surface area contributed by atoms with Crippen molar-refractivity contribution in [2.24, 2.45) is 0 Å². The van der Waals surface area contributed by atoms with Crippen LogP contribution in [0.2, 0.25) is 0 Å². The average Bonchev–Trinajstić information content (AvgIpc) is 3.48. The molecule has 2 aromatic heterocycles. The molecule has 3 heterocycles. The minimum atomic E-state index is -1.10. The molecule has 0 saturated carbocycles. The lowest BCUT2D eigenvalue weighted by atomic mass is 9.85. The summed E-state index contributed by atoms with van der Waals surface area (Å²) in [5.74, 6) is -0.788. The Bertz CT molecular complexity index is 1500. The van der Waals surface area contributed by atoms with Gasteiger partial charge in [-0.3, -0.25) is 9.89 Å². The maximum atomic E-state index is 13.6. The van der Waals surface area contributed by atoms with Gasteiger partial charge in [0.25, 0.3) is 5.56 Å². The van der Waals surface area contributed by atoms with E-state index in [1.807, 2.05) is 0 Å². The number of ether oxygens (including phenoxy) is 2. The minimum absolute atomic E-state index is 0.0441. The Kier molecular flexibility index (Phi) is 4.70. The zero-order valence-electron chi connectivity index (χ0n) is 17.7. The quantitative estimate of drug-likeness (QED) is 0.426. The predicted molar refractivity (Wildman–Crippen MR) is 116 cm³/mol. The molecule has 1 atom stereocenters. The van der Waals surface area contributed by atoms with E-state index in [0.29, 0.717) is 45.3 Å². The minimum Gasteiger partial charge on any atom is -0.478 e. The fraction of sp³-hybridized carbons (Fsp3) is 0.174. The second kappa shape index (κ2) is 7.59. The topological polar surface area (TPSA) is 140 Å². The van der Waals surface area contributed by atoms with Gasteiger partial charge in [0.15, 0.2) is 11.5 Å². The van der Waals surface area contributed by atoms with Gasteiger partial charge in [0.05, 0.1) is 34.0 Å². The van der Waals surface area contributed by atoms with Gasteiger partial charge >= 0.3 is 11.6 Å². The first-order chi connectivity index (χ1) is 15.8. The number of aryl methyl sites for hydroxylation is 2. The molecule has 0 radical (unpaired) electrons. The molecule has 0 aliphatic carbocycles. The summed E-state index contributed by atoms with van der Waals surface area (Å²) in [7, 11) is 0. The lowest BCUT2D eigenvalue weighted by Gasteiger charge is -2.15. The summed E-state index contributed by atoms with van der Waals surface area (Å²) in [6.45, 7) is 3.50. The van der Waals surface area contributed by atoms with Crippen molar-refractivity contribution in [3.63, 3.8) is 0 Å². The Hall–Kier alpha value is -4.47. The Morgan fingerprint density at radius 2 is 1.82 bits per heavy atom. The van der Waals surface area contributed by atoms with Crippen LogP contribution >= 0.6 is 0 Å². The number of nitrogens with zero attached hydrogens (tertiary/aromatic N) is 1. The summed E-state index contributed by atoms with van der Waals surface area (Å²) in [6, 6.07) is 11.3. The molecule has 0 bridgehead atoms. The van der Waals surface area contributed by atoms with E-state index in [-0.39, 0.29) is 12.4 Å². The van der Waals surface area contributed by atoms with Crippen LogP contribution in [0.15, 0.2) is 56.6 Å². The summed E-state index contributed by atoms with van der Waals surface area (Å²) in [5.41, 5.74) is 1.65. The molecule has 0 amide bonds. The predicted octanol–water partition coefficient (Wildman–Crippen LogP) is 2.67. The summed E-state index contributed by atoms with van der Waals surface area (Å²) >= 11 is 0. The second-order valence-electron chi connectivity index (χ2n) is 7.72. The van der Waals surface area contributed by atoms with Gasteiger partial charge in [-0.2, -0.15) is 0 Å². The number of aromatic nitrogens is 3. The van der Waals surface area contributed by atoms with Gasteiger partial charge in [-0.25, -0.2) is 19.4 Å². The van der Waals surface area contributed by atoms with Crippen LogP contribution in [0.25, 0.3) is 5.69 Å². The summed E-state index contributed by atoms with van der Waals surface area (Å²) < 4.78 is 17.2. The third-order valence-electron chi connectivity index (χ3n) is 5.70. The van der Waals surface area contributed by atoms with Crippen molar-refractivity contribution >= 4 is 5.97 Å². The Labute approximate surface area is 186 Å². The van der Waals surface area contributed by atoms with Crippen LogP contribution in [0.3, 0.4) is 0 Å². The zero-order valence-corrected chi connectivity index (χ0v) is 17.7. The van der Waals surface area contributed by atoms with Gasteiger partial charge in [-0.05, 0) is 49.7 Å². The lowest BCUT2D eigenvalue weighted by molar-refractivity contribution is 0.0697. The highest BCUT2D eigenvalue weighted by Gasteiger charge is 2.31. The van der Waals surface area contributed by atoms with Crippen molar-refractivity contribution in [3.8, 4) is 17.2 Å². The number of fused-ring (bicyclic) bond motifs is 1. The monoisotopic (exact) mass is 449 g/mol. The van der Waals surface area contributed by atoms with E-state index in [1.165, 1.54) is 16.8 Å². The maximum absolute atomic E-state index is 13.6. The molecule has 0 spiro atoms. The number of carbonyl (C=O) groups is 1. The summed E-state index contributed by atoms with van der Waals surface area (Å²) in [6.07, 6.45) is 0. The second-order valence-corrected chi connectivity index (χ2v) is 7.72. The van der Waals surface area contributed by atoms with Gasteiger partial charge in [-0.1, -0.05) is 12.1 Å². The number of rotatable bonds is 5. The Morgan fingerprint density at radius 1 is 1.03 bits per heavy atom. The number of aromatic amines is 2. The highest BCUT2D eigenvalue weighted by atomic mass is 16.7. The van der Waals surface area contributed by atoms with Crippen molar-refractivity contribution < 1.29 is 23.9 Å². The fourth-order valence-electron chi connectivity index (χ4n) is 4.15. The van der Waals surface area contributed by atoms with Crippen LogP contribution in [0, 0.1) is 13.8 Å². The number of carboxylic acids is 1. The van der Waals surface area contributed by atoms with Gasteiger partial charge in [0, 0.05) is 5.69 Å². The Morgan fingerprint density at radius 3 is 2.55 bits per heavy atom. The van der Waals surface area contributed by atoms with E-state index in [2.05, 4.69) is 10.3 Å². The molecule has 1 aliphatic heterocycles. The van der Waals surface area contributed by atoms with Crippen LogP contribution in [-0.2, 0) is 0 Å². The van der Waals surface area contributed by atoms with Gasteiger partial charge in [0.2, 0.25) is 6.79 Å². The molecule has 168 valence electrons. The number of hydrogen-bond donors (Lipinski definition) is 3. The van der Waals surface area contributed by atoms with Crippen molar-refractivity contribution in [2.45, 2.75) is 19.8 Å². The third-order valence-corrected chi connectivity index (χ3v) is 5.70. The van der Waals surface area contributed by atoms with Crippen LogP contribution in [0.1, 0.15) is 44.4 Å². The number of hydrogen-bond acceptors (Lipinski definition) is 6. The normalized spacial score (nSPS) is 13.3. The molecule has 0 fully saturated rings. The van der Waals surface area contributed by atoms with Crippen LogP contribution in [-0.4, -0.2) is 32.8 Å². The lowest BCUT2D eigenvalue weighted by Crippen LogP contribution is -2.23. The first-order valence-electron chi connectivity index (χ1n) is 10.1. The van der Waals surface area contributed by atoms with E-state index in [4.69, 9.17) is 14.0 Å². The fourth-order valence-corrected chi connectivity index (χ4v) is 4.15. The molecule has 1 unspecified atom stereocenters. The summed E-state index contributed by atoms with van der Waals surface area (Å²) in [5, 5.41) is 14.9. The standard InChI is InChI=1S/C23H19N3O7/c1-11-18(21(27)26(24-11)15-5-3-4-14(8-15)22(28)29)20(19-12(2)25-33-23(19)30)13-6-7-16-17(9-13)32-10-31-16/h3-9,20,24-25H,10H2,1-2H3,(H,28,29).